The highest BCUT2D eigenvalue weighted by atomic mass is 32.1. The van der Waals surface area contributed by atoms with E-state index in [2.05, 4.69) is 23.3 Å². The van der Waals surface area contributed by atoms with Crippen molar-refractivity contribution in [1.29, 1.82) is 0 Å². The van der Waals surface area contributed by atoms with E-state index in [1.807, 2.05) is 12.1 Å². The molecular formula is C15H15N3OS. The van der Waals surface area contributed by atoms with Gasteiger partial charge in [-0.1, -0.05) is 13.3 Å². The van der Waals surface area contributed by atoms with Crippen molar-refractivity contribution in [3.63, 3.8) is 0 Å². The molecule has 102 valence electrons. The van der Waals surface area contributed by atoms with Gasteiger partial charge in [0.05, 0.1) is 17.5 Å². The summed E-state index contributed by atoms with van der Waals surface area (Å²) < 4.78 is 0. The maximum atomic E-state index is 12.0. The third-order valence-electron chi connectivity index (χ3n) is 3.14. The van der Waals surface area contributed by atoms with Crippen LogP contribution in [-0.2, 0) is 11.2 Å². The number of carbonyl (C=O) groups is 1. The lowest BCUT2D eigenvalue weighted by Gasteiger charge is -1.98. The standard InChI is InChI=1S/C15H15N3OS/c1-2-3-10-4-5-11(20-10)7-13-12-6-9(16)8-17-14(12)18-15(13)19/h4-8H,2-3,16H2,1H3,(H,17,18,19). The second-order valence-corrected chi connectivity index (χ2v) is 5.93. The van der Waals surface area contributed by atoms with E-state index in [9.17, 15) is 4.79 Å². The number of nitrogens with one attached hydrogen (secondary N) is 1. The molecule has 3 rings (SSSR count). The number of aryl methyl sites for hydroxylation is 1. The van der Waals surface area contributed by atoms with Crippen molar-refractivity contribution in [2.24, 2.45) is 0 Å². The van der Waals surface area contributed by atoms with E-state index in [-0.39, 0.29) is 5.91 Å². The molecule has 0 bridgehead atoms. The molecule has 0 unspecified atom stereocenters. The highest BCUT2D eigenvalue weighted by molar-refractivity contribution is 7.13. The fourth-order valence-electron chi connectivity index (χ4n) is 2.22. The van der Waals surface area contributed by atoms with Crippen LogP contribution in [0.4, 0.5) is 11.5 Å². The van der Waals surface area contributed by atoms with E-state index in [0.29, 0.717) is 17.1 Å². The zero-order chi connectivity index (χ0) is 14.1. The molecule has 0 saturated heterocycles. The van der Waals surface area contributed by atoms with E-state index < -0.39 is 0 Å². The quantitative estimate of drug-likeness (QED) is 0.851. The predicted octanol–water partition coefficient (Wildman–Crippen LogP) is 3.17. The summed E-state index contributed by atoms with van der Waals surface area (Å²) >= 11 is 1.72. The molecule has 0 aliphatic carbocycles. The highest BCUT2D eigenvalue weighted by Gasteiger charge is 2.25. The van der Waals surface area contributed by atoms with E-state index in [1.165, 1.54) is 4.88 Å². The Balaban J connectivity index is 1.99. The highest BCUT2D eigenvalue weighted by Crippen LogP contribution is 2.33. The molecule has 4 nitrogen and oxygen atoms in total. The normalized spacial score (nSPS) is 15.4. The molecule has 2 aromatic rings. The number of aromatic nitrogens is 1. The fraction of sp³-hybridized carbons (Fsp3) is 0.200. The summed E-state index contributed by atoms with van der Waals surface area (Å²) in [6, 6.07) is 5.95. The van der Waals surface area contributed by atoms with Gasteiger partial charge in [-0.15, -0.1) is 11.3 Å². The molecule has 20 heavy (non-hydrogen) atoms. The third kappa shape index (κ3) is 2.32. The Kier molecular flexibility index (Phi) is 3.28. The van der Waals surface area contributed by atoms with Gasteiger partial charge in [-0.2, -0.15) is 0 Å². The minimum Gasteiger partial charge on any atom is -0.397 e. The fourth-order valence-corrected chi connectivity index (χ4v) is 3.28. The Morgan fingerprint density at radius 1 is 1.45 bits per heavy atom. The molecule has 3 heterocycles. The van der Waals surface area contributed by atoms with Gasteiger partial charge in [0.25, 0.3) is 5.91 Å². The summed E-state index contributed by atoms with van der Waals surface area (Å²) in [7, 11) is 0. The van der Waals surface area contributed by atoms with Crippen LogP contribution in [0.2, 0.25) is 0 Å². The number of pyridine rings is 1. The minimum atomic E-state index is -0.122. The zero-order valence-electron chi connectivity index (χ0n) is 11.1. The summed E-state index contributed by atoms with van der Waals surface area (Å²) in [6.07, 6.45) is 5.66. The Morgan fingerprint density at radius 2 is 2.30 bits per heavy atom. The molecule has 0 saturated carbocycles. The smallest absolute Gasteiger partial charge is 0.257 e. The molecular weight excluding hydrogens is 270 g/mol. The number of nitrogens with zero attached hydrogens (tertiary/aromatic N) is 1. The Bertz CT molecular complexity index is 703. The van der Waals surface area contributed by atoms with Gasteiger partial charge in [-0.05, 0) is 30.7 Å². The summed E-state index contributed by atoms with van der Waals surface area (Å²) in [5, 5.41) is 2.76. The molecule has 0 fully saturated rings. The van der Waals surface area contributed by atoms with E-state index in [1.54, 1.807) is 23.6 Å². The van der Waals surface area contributed by atoms with E-state index >= 15 is 0 Å². The minimum absolute atomic E-state index is 0.122. The van der Waals surface area contributed by atoms with Crippen molar-refractivity contribution in [3.8, 4) is 0 Å². The number of rotatable bonds is 3. The van der Waals surface area contributed by atoms with E-state index in [4.69, 9.17) is 5.73 Å². The van der Waals surface area contributed by atoms with Crippen LogP contribution in [0.3, 0.4) is 0 Å². The van der Waals surface area contributed by atoms with Crippen LogP contribution < -0.4 is 11.1 Å². The van der Waals surface area contributed by atoms with Crippen molar-refractivity contribution >= 4 is 40.4 Å². The van der Waals surface area contributed by atoms with Gasteiger partial charge in [-0.3, -0.25) is 4.79 Å². The second kappa shape index (κ2) is 5.09. The molecule has 0 spiro atoms. The second-order valence-electron chi connectivity index (χ2n) is 4.73. The van der Waals surface area contributed by atoms with Crippen molar-refractivity contribution in [3.05, 3.63) is 39.7 Å². The number of amides is 1. The average Bonchev–Trinajstić information content (AvgIpc) is 2.97. The lowest BCUT2D eigenvalue weighted by Crippen LogP contribution is -2.04. The lowest BCUT2D eigenvalue weighted by molar-refractivity contribution is -0.110. The number of carbonyl (C=O) groups excluding carboxylic acids is 1. The van der Waals surface area contributed by atoms with Gasteiger partial charge in [0.1, 0.15) is 5.82 Å². The molecule has 3 N–H and O–H groups in total. The molecule has 5 heteroatoms. The Labute approximate surface area is 121 Å². The topological polar surface area (TPSA) is 68.0 Å². The summed E-state index contributed by atoms with van der Waals surface area (Å²) in [5.41, 5.74) is 7.72. The number of nitrogen functional groups attached to an aromatic ring is 1. The van der Waals surface area contributed by atoms with Gasteiger partial charge < -0.3 is 11.1 Å². The summed E-state index contributed by atoms with van der Waals surface area (Å²) in [6.45, 7) is 2.16. The summed E-state index contributed by atoms with van der Waals surface area (Å²) in [4.78, 5) is 18.6. The van der Waals surface area contributed by atoms with Crippen LogP contribution in [0.15, 0.2) is 24.4 Å². The van der Waals surface area contributed by atoms with Crippen LogP contribution in [0, 0.1) is 0 Å². The average molecular weight is 285 g/mol. The molecule has 2 aromatic heterocycles. The van der Waals surface area contributed by atoms with Crippen LogP contribution in [-0.4, -0.2) is 10.9 Å². The molecule has 0 aromatic carbocycles. The predicted molar refractivity (Wildman–Crippen MR) is 83.5 cm³/mol. The van der Waals surface area contributed by atoms with Gasteiger partial charge >= 0.3 is 0 Å². The van der Waals surface area contributed by atoms with Gasteiger partial charge in [0, 0.05) is 15.3 Å². The zero-order valence-corrected chi connectivity index (χ0v) is 12.0. The molecule has 1 aliphatic heterocycles. The lowest BCUT2D eigenvalue weighted by atomic mass is 10.1. The Hall–Kier alpha value is -2.14. The maximum Gasteiger partial charge on any atom is 0.257 e. The number of anilines is 2. The van der Waals surface area contributed by atoms with Crippen LogP contribution >= 0.6 is 11.3 Å². The third-order valence-corrected chi connectivity index (χ3v) is 4.23. The van der Waals surface area contributed by atoms with Crippen molar-refractivity contribution < 1.29 is 4.79 Å². The molecule has 0 radical (unpaired) electrons. The maximum absolute atomic E-state index is 12.0. The van der Waals surface area contributed by atoms with Crippen LogP contribution in [0.1, 0.15) is 28.7 Å². The SMILES string of the molecule is CCCc1ccc(C=C2C(=O)Nc3ncc(N)cc32)s1. The first-order chi connectivity index (χ1) is 9.67. The number of hydrogen-bond donors (Lipinski definition) is 2. The van der Waals surface area contributed by atoms with Crippen molar-refractivity contribution in [1.82, 2.24) is 4.98 Å². The van der Waals surface area contributed by atoms with Crippen molar-refractivity contribution in [2.45, 2.75) is 19.8 Å². The van der Waals surface area contributed by atoms with Crippen LogP contribution in [0.5, 0.6) is 0 Å². The molecule has 1 aliphatic rings. The monoisotopic (exact) mass is 285 g/mol. The van der Waals surface area contributed by atoms with E-state index in [0.717, 1.165) is 23.3 Å². The van der Waals surface area contributed by atoms with Gasteiger partial charge in [-0.25, -0.2) is 4.98 Å². The number of hydrogen-bond acceptors (Lipinski definition) is 4. The van der Waals surface area contributed by atoms with Crippen LogP contribution in [0.25, 0.3) is 11.6 Å². The first-order valence-corrected chi connectivity index (χ1v) is 7.36. The van der Waals surface area contributed by atoms with Gasteiger partial charge in [0.2, 0.25) is 0 Å². The summed E-state index contributed by atoms with van der Waals surface area (Å²) in [5.74, 6) is 0.462. The largest absolute Gasteiger partial charge is 0.397 e. The number of thiophene rings is 1. The number of fused-ring (bicyclic) bond motifs is 1. The number of nitrogens with two attached hydrogens (primary N) is 1. The van der Waals surface area contributed by atoms with Crippen molar-refractivity contribution in [2.75, 3.05) is 11.1 Å². The Morgan fingerprint density at radius 3 is 3.10 bits per heavy atom. The van der Waals surface area contributed by atoms with Gasteiger partial charge in [0.15, 0.2) is 0 Å². The molecule has 1 amide bonds. The first kappa shape index (κ1) is 12.9. The molecule has 0 atom stereocenters. The first-order valence-electron chi connectivity index (χ1n) is 6.55.